The highest BCUT2D eigenvalue weighted by molar-refractivity contribution is 5.90. The Morgan fingerprint density at radius 1 is 1.45 bits per heavy atom. The van der Waals surface area contributed by atoms with E-state index in [1.165, 1.54) is 0 Å². The highest BCUT2D eigenvalue weighted by atomic mass is 16.5. The summed E-state index contributed by atoms with van der Waals surface area (Å²) < 4.78 is 10.8. The zero-order valence-corrected chi connectivity index (χ0v) is 11.1. The van der Waals surface area contributed by atoms with Gasteiger partial charge >= 0.3 is 5.97 Å². The number of fused-ring (bicyclic) bond motifs is 1. The van der Waals surface area contributed by atoms with Crippen LogP contribution in [0.5, 0.6) is 0 Å². The first-order chi connectivity index (χ1) is 9.69. The fraction of sp³-hybridized carbons (Fsp3) is 0.333. The Kier molecular flexibility index (Phi) is 3.18. The first-order valence-corrected chi connectivity index (χ1v) is 6.63. The Hall–Kier alpha value is -2.30. The van der Waals surface area contributed by atoms with Gasteiger partial charge in [-0.15, -0.1) is 0 Å². The van der Waals surface area contributed by atoms with Gasteiger partial charge in [0.05, 0.1) is 12.5 Å². The molecule has 1 saturated heterocycles. The fourth-order valence-corrected chi connectivity index (χ4v) is 2.56. The van der Waals surface area contributed by atoms with Crippen LogP contribution >= 0.6 is 0 Å². The van der Waals surface area contributed by atoms with E-state index in [9.17, 15) is 9.59 Å². The highest BCUT2D eigenvalue weighted by Gasteiger charge is 2.41. The summed E-state index contributed by atoms with van der Waals surface area (Å²) >= 11 is 0. The van der Waals surface area contributed by atoms with E-state index in [-0.39, 0.29) is 24.9 Å². The molecule has 0 aliphatic carbocycles. The van der Waals surface area contributed by atoms with Crippen LogP contribution in [0.3, 0.4) is 0 Å². The summed E-state index contributed by atoms with van der Waals surface area (Å²) in [5.74, 6) is -0.242. The highest BCUT2D eigenvalue weighted by Crippen LogP contribution is 2.33. The monoisotopic (exact) mass is 273 g/mol. The summed E-state index contributed by atoms with van der Waals surface area (Å²) in [5, 5.41) is 3.62. The number of amides is 1. The number of hydrogen-bond donors (Lipinski definition) is 1. The van der Waals surface area contributed by atoms with Crippen molar-refractivity contribution in [2.75, 3.05) is 6.61 Å². The van der Waals surface area contributed by atoms with Gasteiger partial charge in [-0.2, -0.15) is 0 Å². The number of ether oxygens (including phenoxy) is 1. The van der Waals surface area contributed by atoms with Crippen LogP contribution in [0.25, 0.3) is 11.0 Å². The molecule has 0 radical (unpaired) electrons. The van der Waals surface area contributed by atoms with Crippen molar-refractivity contribution < 1.29 is 18.7 Å². The summed E-state index contributed by atoms with van der Waals surface area (Å²) in [4.78, 5) is 23.5. The van der Waals surface area contributed by atoms with Crippen molar-refractivity contribution in [1.82, 2.24) is 5.32 Å². The van der Waals surface area contributed by atoms with Crippen LogP contribution in [0.4, 0.5) is 0 Å². The lowest BCUT2D eigenvalue weighted by molar-refractivity contribution is -0.146. The third-order valence-electron chi connectivity index (χ3n) is 3.47. The van der Waals surface area contributed by atoms with Gasteiger partial charge in [-0.25, -0.2) is 4.79 Å². The normalized spacial score (nSPS) is 21.9. The van der Waals surface area contributed by atoms with Crippen LogP contribution in [-0.4, -0.2) is 24.5 Å². The second kappa shape index (κ2) is 5.00. The molecule has 0 saturated carbocycles. The minimum absolute atomic E-state index is 0.159. The molecule has 1 N–H and O–H groups in total. The lowest BCUT2D eigenvalue weighted by Crippen LogP contribution is -2.37. The molecule has 1 aliphatic heterocycles. The summed E-state index contributed by atoms with van der Waals surface area (Å²) in [5.41, 5.74) is 0.754. The Balaban J connectivity index is 1.93. The summed E-state index contributed by atoms with van der Waals surface area (Å²) in [6.07, 6.45) is 0.239. The van der Waals surface area contributed by atoms with Gasteiger partial charge in [0.25, 0.3) is 0 Å². The lowest BCUT2D eigenvalue weighted by Gasteiger charge is -2.15. The van der Waals surface area contributed by atoms with E-state index < -0.39 is 12.0 Å². The van der Waals surface area contributed by atoms with Crippen molar-refractivity contribution in [2.45, 2.75) is 25.3 Å². The summed E-state index contributed by atoms with van der Waals surface area (Å²) in [6, 6.07) is 8.82. The van der Waals surface area contributed by atoms with Crippen molar-refractivity contribution >= 4 is 22.8 Å². The third-order valence-corrected chi connectivity index (χ3v) is 3.47. The number of rotatable bonds is 3. The van der Waals surface area contributed by atoms with E-state index in [2.05, 4.69) is 5.32 Å². The molecule has 2 unspecified atom stereocenters. The van der Waals surface area contributed by atoms with Gasteiger partial charge in [-0.1, -0.05) is 18.2 Å². The quantitative estimate of drug-likeness (QED) is 0.868. The zero-order chi connectivity index (χ0) is 14.1. The van der Waals surface area contributed by atoms with Gasteiger partial charge in [-0.05, 0) is 19.1 Å². The maximum Gasteiger partial charge on any atom is 0.329 e. The van der Waals surface area contributed by atoms with Crippen molar-refractivity contribution in [3.8, 4) is 0 Å². The van der Waals surface area contributed by atoms with Crippen molar-refractivity contribution in [1.29, 1.82) is 0 Å². The smallest absolute Gasteiger partial charge is 0.329 e. The average Bonchev–Trinajstić information content (AvgIpc) is 3.01. The topological polar surface area (TPSA) is 68.5 Å². The molecule has 1 amide bonds. The first kappa shape index (κ1) is 12.7. The fourth-order valence-electron chi connectivity index (χ4n) is 2.56. The number of carbonyl (C=O) groups is 2. The van der Waals surface area contributed by atoms with E-state index >= 15 is 0 Å². The maximum atomic E-state index is 11.9. The van der Waals surface area contributed by atoms with Crippen LogP contribution in [-0.2, 0) is 14.3 Å². The number of carbonyl (C=O) groups excluding carboxylic acids is 2. The molecule has 20 heavy (non-hydrogen) atoms. The van der Waals surface area contributed by atoms with Crippen LogP contribution in [0.15, 0.2) is 34.7 Å². The third kappa shape index (κ3) is 2.15. The molecule has 0 bridgehead atoms. The van der Waals surface area contributed by atoms with Gasteiger partial charge in [0.2, 0.25) is 5.91 Å². The van der Waals surface area contributed by atoms with E-state index in [1.807, 2.05) is 30.3 Å². The SMILES string of the molecule is CCOC(=O)C1NC(=O)CC1c1cc2ccccc2o1. The Morgan fingerprint density at radius 3 is 3.00 bits per heavy atom. The van der Waals surface area contributed by atoms with Crippen LogP contribution < -0.4 is 5.32 Å². The number of esters is 1. The maximum absolute atomic E-state index is 11.9. The van der Waals surface area contributed by atoms with Gasteiger partial charge in [0, 0.05) is 11.8 Å². The average molecular weight is 273 g/mol. The molecular weight excluding hydrogens is 258 g/mol. The molecule has 0 spiro atoms. The molecule has 2 heterocycles. The van der Waals surface area contributed by atoms with Crippen molar-refractivity contribution in [3.63, 3.8) is 0 Å². The molecule has 1 aromatic heterocycles. The Labute approximate surface area is 115 Å². The number of para-hydroxylation sites is 1. The van der Waals surface area contributed by atoms with Crippen LogP contribution in [0.1, 0.15) is 25.0 Å². The molecule has 2 aromatic rings. The van der Waals surface area contributed by atoms with Crippen LogP contribution in [0.2, 0.25) is 0 Å². The number of nitrogens with one attached hydrogen (secondary N) is 1. The predicted molar refractivity (Wildman–Crippen MR) is 72.1 cm³/mol. The van der Waals surface area contributed by atoms with Crippen LogP contribution in [0, 0.1) is 0 Å². The van der Waals surface area contributed by atoms with Crippen molar-refractivity contribution in [2.24, 2.45) is 0 Å². The van der Waals surface area contributed by atoms with E-state index in [0.29, 0.717) is 5.76 Å². The molecule has 1 aromatic carbocycles. The number of hydrogen-bond acceptors (Lipinski definition) is 4. The second-order valence-electron chi connectivity index (χ2n) is 4.79. The molecule has 5 nitrogen and oxygen atoms in total. The second-order valence-corrected chi connectivity index (χ2v) is 4.79. The minimum Gasteiger partial charge on any atom is -0.464 e. The molecule has 5 heteroatoms. The molecule has 1 aliphatic rings. The first-order valence-electron chi connectivity index (χ1n) is 6.63. The zero-order valence-electron chi connectivity index (χ0n) is 11.1. The standard InChI is InChI=1S/C15H15NO4/c1-2-19-15(18)14-10(8-13(17)16-14)12-7-9-5-3-4-6-11(9)20-12/h3-7,10,14H,2,8H2,1H3,(H,16,17). The Bertz CT molecular complexity index is 628. The lowest BCUT2D eigenvalue weighted by atomic mass is 9.97. The molecule has 2 atom stereocenters. The van der Waals surface area contributed by atoms with E-state index in [1.54, 1.807) is 6.92 Å². The predicted octanol–water partition coefficient (Wildman–Crippen LogP) is 1.97. The van der Waals surface area contributed by atoms with E-state index in [4.69, 9.17) is 9.15 Å². The largest absolute Gasteiger partial charge is 0.464 e. The molecule has 104 valence electrons. The molecule has 1 fully saturated rings. The van der Waals surface area contributed by atoms with Crippen molar-refractivity contribution in [3.05, 3.63) is 36.1 Å². The van der Waals surface area contributed by atoms with Gasteiger partial charge in [0.15, 0.2) is 0 Å². The molecule has 3 rings (SSSR count). The van der Waals surface area contributed by atoms with Gasteiger partial charge < -0.3 is 14.5 Å². The minimum atomic E-state index is -0.664. The van der Waals surface area contributed by atoms with Gasteiger partial charge in [0.1, 0.15) is 17.4 Å². The number of furan rings is 1. The number of benzene rings is 1. The molecular formula is C15H15NO4. The van der Waals surface area contributed by atoms with E-state index in [0.717, 1.165) is 11.0 Å². The Morgan fingerprint density at radius 2 is 2.25 bits per heavy atom. The summed E-state index contributed by atoms with van der Waals surface area (Å²) in [7, 11) is 0. The summed E-state index contributed by atoms with van der Waals surface area (Å²) in [6.45, 7) is 2.03. The van der Waals surface area contributed by atoms with Gasteiger partial charge in [-0.3, -0.25) is 4.79 Å².